The molecule has 0 aromatic rings. The zero-order chi connectivity index (χ0) is 13.2. The van der Waals surface area contributed by atoms with Crippen LogP contribution in [0.25, 0.3) is 0 Å². The minimum Gasteiger partial charge on any atom is -0.460 e. The van der Waals surface area contributed by atoms with Gasteiger partial charge >= 0.3 is 5.97 Å². The molecule has 0 aromatic carbocycles. The highest BCUT2D eigenvalue weighted by Gasteiger charge is 2.19. The van der Waals surface area contributed by atoms with Crippen LogP contribution < -0.4 is 0 Å². The van der Waals surface area contributed by atoms with Crippen molar-refractivity contribution in [1.82, 2.24) is 0 Å². The van der Waals surface area contributed by atoms with Crippen LogP contribution in [0.3, 0.4) is 0 Å². The summed E-state index contributed by atoms with van der Waals surface area (Å²) in [6.45, 7) is 5.24. The molecule has 0 atom stereocenters. The maximum Gasteiger partial charge on any atom is 0.356 e. The second-order valence-corrected chi connectivity index (χ2v) is 7.35. The van der Waals surface area contributed by atoms with Gasteiger partial charge in [0.15, 0.2) is 0 Å². The average molecular weight is 275 g/mol. The van der Waals surface area contributed by atoms with Crippen LogP contribution >= 0.6 is 0 Å². The summed E-state index contributed by atoms with van der Waals surface area (Å²) in [6.07, 6.45) is 6.64. The number of carbonyl (C=O) groups excluding carboxylic acids is 1. The van der Waals surface area contributed by atoms with E-state index < -0.39 is 0 Å². The van der Waals surface area contributed by atoms with E-state index in [4.69, 9.17) is 9.47 Å². The van der Waals surface area contributed by atoms with Gasteiger partial charge in [0.05, 0.1) is 12.7 Å². The van der Waals surface area contributed by atoms with Crippen molar-refractivity contribution in [3.8, 4) is 0 Å². The summed E-state index contributed by atoms with van der Waals surface area (Å²) in [7, 11) is 0.206. The van der Waals surface area contributed by atoms with Crippen LogP contribution in [0, 0.1) is 0 Å². The van der Waals surface area contributed by atoms with Crippen LogP contribution in [-0.2, 0) is 25.2 Å². The summed E-state index contributed by atoms with van der Waals surface area (Å²) in [5.74, 6) is 2.67. The smallest absolute Gasteiger partial charge is 0.356 e. The lowest BCUT2D eigenvalue weighted by atomic mass is 9.98. The molecular weight excluding hydrogens is 248 g/mol. The fourth-order valence-corrected chi connectivity index (χ4v) is 3.45. The van der Waals surface area contributed by atoms with Crippen LogP contribution in [0.4, 0.5) is 0 Å². The third-order valence-corrected chi connectivity index (χ3v) is 5.67. The first-order valence-corrected chi connectivity index (χ1v) is 8.90. The summed E-state index contributed by atoms with van der Waals surface area (Å²) in [5, 5.41) is 0. The van der Waals surface area contributed by atoms with Crippen molar-refractivity contribution in [1.29, 1.82) is 0 Å². The molecule has 1 saturated carbocycles. The first-order valence-electron chi connectivity index (χ1n) is 7.17. The molecule has 4 heteroatoms. The summed E-state index contributed by atoms with van der Waals surface area (Å²) in [5.41, 5.74) is 0. The van der Waals surface area contributed by atoms with Gasteiger partial charge in [-0.15, -0.1) is 0 Å². The topological polar surface area (TPSA) is 35.5 Å². The lowest BCUT2D eigenvalue weighted by Crippen LogP contribution is -2.24. The van der Waals surface area contributed by atoms with Crippen molar-refractivity contribution in [3.05, 3.63) is 0 Å². The van der Waals surface area contributed by atoms with Crippen molar-refractivity contribution >= 4 is 16.9 Å². The lowest BCUT2D eigenvalue weighted by molar-refractivity contribution is -0.142. The minimum atomic E-state index is -0.0609. The number of esters is 1. The van der Waals surface area contributed by atoms with Crippen LogP contribution in [-0.4, -0.2) is 42.5 Å². The van der Waals surface area contributed by atoms with E-state index in [1.807, 2.05) is 0 Å². The van der Waals surface area contributed by atoms with E-state index in [1.54, 1.807) is 0 Å². The monoisotopic (exact) mass is 275 g/mol. The summed E-state index contributed by atoms with van der Waals surface area (Å²) in [4.78, 5) is 11.6. The zero-order valence-corrected chi connectivity index (χ0v) is 12.6. The van der Waals surface area contributed by atoms with Gasteiger partial charge in [0, 0.05) is 0 Å². The Hall–Kier alpha value is -0.220. The largest absolute Gasteiger partial charge is 0.460 e. The second kappa shape index (κ2) is 9.68. The van der Waals surface area contributed by atoms with Crippen LogP contribution in [0.15, 0.2) is 0 Å². The Bertz CT molecular complexity index is 223. The van der Waals surface area contributed by atoms with Crippen LogP contribution in [0.5, 0.6) is 0 Å². The van der Waals surface area contributed by atoms with Gasteiger partial charge in [-0.2, -0.15) is 0 Å². The molecule has 1 aliphatic carbocycles. The van der Waals surface area contributed by atoms with Gasteiger partial charge in [0.2, 0.25) is 5.75 Å². The maximum atomic E-state index is 11.6. The van der Waals surface area contributed by atoms with Gasteiger partial charge in [0.1, 0.15) is 18.1 Å². The Morgan fingerprint density at radius 2 is 1.78 bits per heavy atom. The van der Waals surface area contributed by atoms with Crippen molar-refractivity contribution < 1.29 is 14.3 Å². The van der Waals surface area contributed by atoms with E-state index in [9.17, 15) is 4.79 Å². The standard InChI is InChI=1S/C14H27O3S/c1-3-18(4-2)12-14(15)17-11-10-16-13-8-6-5-7-9-13/h13H,3-12H2,1-2H3/q+1. The molecular formula is C14H27O3S+. The van der Waals surface area contributed by atoms with E-state index in [1.165, 1.54) is 32.1 Å². The fraction of sp³-hybridized carbons (Fsp3) is 0.929. The Kier molecular flexibility index (Phi) is 8.51. The molecule has 0 heterocycles. The second-order valence-electron chi connectivity index (χ2n) is 4.69. The van der Waals surface area contributed by atoms with Gasteiger partial charge < -0.3 is 9.47 Å². The maximum absolute atomic E-state index is 11.6. The molecule has 0 N–H and O–H groups in total. The van der Waals surface area contributed by atoms with Crippen molar-refractivity contribution in [3.63, 3.8) is 0 Å². The van der Waals surface area contributed by atoms with Crippen LogP contribution in [0.2, 0.25) is 0 Å². The molecule has 1 rings (SSSR count). The molecule has 3 nitrogen and oxygen atoms in total. The number of hydrogen-bond donors (Lipinski definition) is 0. The van der Waals surface area contributed by atoms with Gasteiger partial charge in [0.25, 0.3) is 0 Å². The number of carbonyl (C=O) groups is 1. The highest BCUT2D eigenvalue weighted by Crippen LogP contribution is 2.19. The van der Waals surface area contributed by atoms with Crippen molar-refractivity contribution in [2.45, 2.75) is 52.1 Å². The molecule has 1 fully saturated rings. The molecule has 0 radical (unpaired) electrons. The molecule has 0 spiro atoms. The number of rotatable bonds is 8. The summed E-state index contributed by atoms with van der Waals surface area (Å²) < 4.78 is 10.9. The third kappa shape index (κ3) is 6.64. The van der Waals surface area contributed by atoms with Gasteiger partial charge in [-0.05, 0) is 37.6 Å². The predicted octanol–water partition coefficient (Wildman–Crippen LogP) is 2.54. The molecule has 18 heavy (non-hydrogen) atoms. The van der Waals surface area contributed by atoms with E-state index in [-0.39, 0.29) is 16.9 Å². The Morgan fingerprint density at radius 1 is 1.11 bits per heavy atom. The van der Waals surface area contributed by atoms with Crippen molar-refractivity contribution in [2.24, 2.45) is 0 Å². The SMILES string of the molecule is CC[S+](CC)CC(=O)OCCOC1CCCCC1. The molecule has 0 saturated heterocycles. The Labute approximate surface area is 114 Å². The number of ether oxygens (including phenoxy) is 2. The third-order valence-electron chi connectivity index (χ3n) is 3.39. The molecule has 0 aromatic heterocycles. The molecule has 1 aliphatic rings. The quantitative estimate of drug-likeness (QED) is 0.388. The van der Waals surface area contributed by atoms with Gasteiger partial charge in [-0.1, -0.05) is 19.3 Å². The molecule has 0 aliphatic heterocycles. The summed E-state index contributed by atoms with van der Waals surface area (Å²) in [6, 6.07) is 0. The van der Waals surface area contributed by atoms with E-state index >= 15 is 0 Å². The first-order chi connectivity index (χ1) is 8.76. The van der Waals surface area contributed by atoms with Crippen molar-refractivity contribution in [2.75, 3.05) is 30.5 Å². The minimum absolute atomic E-state index is 0.0609. The van der Waals surface area contributed by atoms with E-state index in [0.29, 0.717) is 25.1 Å². The molecule has 0 bridgehead atoms. The van der Waals surface area contributed by atoms with E-state index in [2.05, 4.69) is 13.8 Å². The molecule has 0 amide bonds. The number of hydrogen-bond acceptors (Lipinski definition) is 3. The fourth-order valence-electron chi connectivity index (χ4n) is 2.22. The lowest BCUT2D eigenvalue weighted by Gasteiger charge is -2.21. The highest BCUT2D eigenvalue weighted by atomic mass is 32.2. The van der Waals surface area contributed by atoms with E-state index in [0.717, 1.165) is 11.5 Å². The molecule has 106 valence electrons. The Morgan fingerprint density at radius 3 is 2.39 bits per heavy atom. The summed E-state index contributed by atoms with van der Waals surface area (Å²) >= 11 is 0. The van der Waals surface area contributed by atoms with Gasteiger partial charge in [-0.3, -0.25) is 0 Å². The average Bonchev–Trinajstić information content (AvgIpc) is 2.42. The van der Waals surface area contributed by atoms with Crippen LogP contribution in [0.1, 0.15) is 46.0 Å². The normalized spacial score (nSPS) is 17.1. The van der Waals surface area contributed by atoms with Gasteiger partial charge in [-0.25, -0.2) is 4.79 Å². The highest BCUT2D eigenvalue weighted by molar-refractivity contribution is 7.97. The predicted molar refractivity (Wildman–Crippen MR) is 77.1 cm³/mol. The molecule has 0 unspecified atom stereocenters. The zero-order valence-electron chi connectivity index (χ0n) is 11.8. The Balaban J connectivity index is 2.01. The first kappa shape index (κ1) is 15.8.